The van der Waals surface area contributed by atoms with E-state index in [9.17, 15) is 9.59 Å². The van der Waals surface area contributed by atoms with Crippen LogP contribution in [0, 0.1) is 12.8 Å². The number of carbonyl (C=O) groups is 2. The lowest BCUT2D eigenvalue weighted by atomic mass is 10.1. The van der Waals surface area contributed by atoms with Gasteiger partial charge < -0.3 is 16.0 Å². The number of amides is 3. The molecule has 3 rings (SSSR count). The number of aryl methyl sites for hydroxylation is 2. The molecule has 1 aromatic heterocycles. The number of aromatic nitrogens is 2. The lowest BCUT2D eigenvalue weighted by molar-refractivity contribution is -0.115. The Morgan fingerprint density at radius 2 is 1.86 bits per heavy atom. The fourth-order valence-corrected chi connectivity index (χ4v) is 3.88. The zero-order valence-corrected chi connectivity index (χ0v) is 17.8. The van der Waals surface area contributed by atoms with Gasteiger partial charge in [-0.2, -0.15) is 5.10 Å². The smallest absolute Gasteiger partial charge is 0.315 e. The first kappa shape index (κ1) is 20.4. The first-order chi connectivity index (χ1) is 13.4. The van der Waals surface area contributed by atoms with Gasteiger partial charge in [0.05, 0.1) is 12.2 Å². The van der Waals surface area contributed by atoms with Gasteiger partial charge in [0, 0.05) is 23.6 Å². The van der Waals surface area contributed by atoms with E-state index in [4.69, 9.17) is 0 Å². The molecule has 0 saturated heterocycles. The van der Waals surface area contributed by atoms with Crippen molar-refractivity contribution in [3.05, 3.63) is 34.4 Å². The van der Waals surface area contributed by atoms with Crippen molar-refractivity contribution in [3.8, 4) is 11.1 Å². The summed E-state index contributed by atoms with van der Waals surface area (Å²) in [6.07, 6.45) is 4.81. The first-order valence-electron chi connectivity index (χ1n) is 9.55. The van der Waals surface area contributed by atoms with Crippen LogP contribution >= 0.6 is 15.9 Å². The SMILES string of the molecule is Cc1nn(C)c(NC(=O)CNC(=O)NCC2CCCC2)c1-c1ccc(Br)cc1. The molecule has 28 heavy (non-hydrogen) atoms. The van der Waals surface area contributed by atoms with E-state index in [2.05, 4.69) is 37.0 Å². The number of carbonyl (C=O) groups excluding carboxylic acids is 2. The van der Waals surface area contributed by atoms with E-state index in [0.717, 1.165) is 21.3 Å². The highest BCUT2D eigenvalue weighted by molar-refractivity contribution is 9.10. The predicted octanol–water partition coefficient (Wildman–Crippen LogP) is 3.59. The monoisotopic (exact) mass is 447 g/mol. The number of nitrogens with one attached hydrogen (secondary N) is 3. The second-order valence-corrected chi connectivity index (χ2v) is 8.12. The molecule has 1 fully saturated rings. The second-order valence-electron chi connectivity index (χ2n) is 7.20. The molecule has 0 spiro atoms. The molecule has 3 N–H and O–H groups in total. The lowest BCUT2D eigenvalue weighted by Gasteiger charge is -2.12. The Morgan fingerprint density at radius 3 is 2.54 bits per heavy atom. The van der Waals surface area contributed by atoms with Crippen molar-refractivity contribution in [1.82, 2.24) is 20.4 Å². The Bertz CT molecular complexity index is 841. The highest BCUT2D eigenvalue weighted by Crippen LogP contribution is 2.31. The Labute approximate surface area is 173 Å². The summed E-state index contributed by atoms with van der Waals surface area (Å²) >= 11 is 3.43. The first-order valence-corrected chi connectivity index (χ1v) is 10.3. The summed E-state index contributed by atoms with van der Waals surface area (Å²) in [5.74, 6) is 0.876. The number of hydrogen-bond acceptors (Lipinski definition) is 3. The number of anilines is 1. The summed E-state index contributed by atoms with van der Waals surface area (Å²) in [4.78, 5) is 24.3. The quantitative estimate of drug-likeness (QED) is 0.631. The van der Waals surface area contributed by atoms with E-state index < -0.39 is 0 Å². The number of benzene rings is 1. The van der Waals surface area contributed by atoms with Crippen LogP contribution in [0.4, 0.5) is 10.6 Å². The minimum absolute atomic E-state index is 0.0967. The van der Waals surface area contributed by atoms with Gasteiger partial charge in [0.2, 0.25) is 5.91 Å². The van der Waals surface area contributed by atoms with Crippen LogP contribution in [0.2, 0.25) is 0 Å². The summed E-state index contributed by atoms with van der Waals surface area (Å²) in [5.41, 5.74) is 2.66. The Morgan fingerprint density at radius 1 is 1.18 bits per heavy atom. The van der Waals surface area contributed by atoms with Crippen LogP contribution < -0.4 is 16.0 Å². The maximum absolute atomic E-state index is 12.4. The summed E-state index contributed by atoms with van der Waals surface area (Å²) in [6.45, 7) is 2.48. The molecule has 1 heterocycles. The van der Waals surface area contributed by atoms with Crippen molar-refractivity contribution >= 4 is 33.7 Å². The average molecular weight is 448 g/mol. The molecule has 1 aliphatic rings. The van der Waals surface area contributed by atoms with Gasteiger partial charge in [-0.3, -0.25) is 9.48 Å². The minimum atomic E-state index is -0.309. The maximum Gasteiger partial charge on any atom is 0.315 e. The topological polar surface area (TPSA) is 88.1 Å². The fourth-order valence-electron chi connectivity index (χ4n) is 3.61. The molecule has 7 nitrogen and oxygen atoms in total. The van der Waals surface area contributed by atoms with Gasteiger partial charge >= 0.3 is 6.03 Å². The van der Waals surface area contributed by atoms with Crippen molar-refractivity contribution in [2.75, 3.05) is 18.4 Å². The molecule has 2 aromatic rings. The van der Waals surface area contributed by atoms with Gasteiger partial charge in [0.15, 0.2) is 0 Å². The number of hydrogen-bond donors (Lipinski definition) is 3. The largest absolute Gasteiger partial charge is 0.338 e. The van der Waals surface area contributed by atoms with Gasteiger partial charge in [-0.25, -0.2) is 4.79 Å². The second kappa shape index (κ2) is 9.23. The van der Waals surface area contributed by atoms with Crippen molar-refractivity contribution in [2.45, 2.75) is 32.6 Å². The third-order valence-corrected chi connectivity index (χ3v) is 5.58. The van der Waals surface area contributed by atoms with Gasteiger partial charge in [0.25, 0.3) is 0 Å². The molecular formula is C20H26BrN5O2. The van der Waals surface area contributed by atoms with Crippen LogP contribution in [0.1, 0.15) is 31.4 Å². The van der Waals surface area contributed by atoms with Crippen molar-refractivity contribution in [1.29, 1.82) is 0 Å². The molecule has 150 valence electrons. The summed E-state index contributed by atoms with van der Waals surface area (Å²) in [5, 5.41) is 12.8. The van der Waals surface area contributed by atoms with Crippen molar-refractivity contribution < 1.29 is 9.59 Å². The zero-order valence-electron chi connectivity index (χ0n) is 16.2. The molecule has 3 amide bonds. The summed E-state index contributed by atoms with van der Waals surface area (Å²) in [6, 6.07) is 7.53. The number of rotatable bonds is 6. The Balaban J connectivity index is 1.58. The van der Waals surface area contributed by atoms with E-state index in [1.807, 2.05) is 31.2 Å². The molecule has 0 aliphatic heterocycles. The van der Waals surface area contributed by atoms with E-state index in [0.29, 0.717) is 18.3 Å². The summed E-state index contributed by atoms with van der Waals surface area (Å²) in [7, 11) is 1.78. The Kier molecular flexibility index (Phi) is 6.72. The minimum Gasteiger partial charge on any atom is -0.338 e. The van der Waals surface area contributed by atoms with Crippen molar-refractivity contribution in [2.24, 2.45) is 13.0 Å². The average Bonchev–Trinajstić information content (AvgIpc) is 3.27. The van der Waals surface area contributed by atoms with E-state index in [1.165, 1.54) is 25.7 Å². The maximum atomic E-state index is 12.4. The van der Waals surface area contributed by atoms with Crippen LogP contribution in [0.15, 0.2) is 28.7 Å². The predicted molar refractivity (Wildman–Crippen MR) is 113 cm³/mol. The fraction of sp³-hybridized carbons (Fsp3) is 0.450. The molecule has 0 radical (unpaired) electrons. The lowest BCUT2D eigenvalue weighted by Crippen LogP contribution is -2.41. The third kappa shape index (κ3) is 5.13. The molecule has 8 heteroatoms. The summed E-state index contributed by atoms with van der Waals surface area (Å²) < 4.78 is 2.63. The molecular weight excluding hydrogens is 422 g/mol. The Hall–Kier alpha value is -2.35. The molecule has 0 atom stereocenters. The van der Waals surface area contributed by atoms with Crippen LogP contribution in [-0.4, -0.2) is 34.8 Å². The highest BCUT2D eigenvalue weighted by atomic mass is 79.9. The van der Waals surface area contributed by atoms with Gasteiger partial charge in [0.1, 0.15) is 5.82 Å². The number of nitrogens with zero attached hydrogens (tertiary/aromatic N) is 2. The zero-order chi connectivity index (χ0) is 20.1. The molecule has 1 aromatic carbocycles. The molecule has 1 aliphatic carbocycles. The van der Waals surface area contributed by atoms with Crippen molar-refractivity contribution in [3.63, 3.8) is 0 Å². The van der Waals surface area contributed by atoms with E-state index in [-0.39, 0.29) is 18.5 Å². The molecule has 1 saturated carbocycles. The van der Waals surface area contributed by atoms with Crippen LogP contribution in [-0.2, 0) is 11.8 Å². The van der Waals surface area contributed by atoms with Gasteiger partial charge in [-0.05, 0) is 43.4 Å². The number of halogens is 1. The standard InChI is InChI=1S/C20H26BrN5O2/c1-13-18(15-7-9-16(21)10-8-15)19(26(2)25-13)24-17(27)12-23-20(28)22-11-14-5-3-4-6-14/h7-10,14H,3-6,11-12H2,1-2H3,(H,24,27)(H2,22,23,28). The van der Waals surface area contributed by atoms with Gasteiger partial charge in [-0.15, -0.1) is 0 Å². The number of urea groups is 1. The third-order valence-electron chi connectivity index (χ3n) is 5.05. The van der Waals surface area contributed by atoms with Gasteiger partial charge in [-0.1, -0.05) is 40.9 Å². The van der Waals surface area contributed by atoms with Crippen LogP contribution in [0.5, 0.6) is 0 Å². The van der Waals surface area contributed by atoms with Crippen LogP contribution in [0.3, 0.4) is 0 Å². The van der Waals surface area contributed by atoms with E-state index in [1.54, 1.807) is 11.7 Å². The molecule has 0 bridgehead atoms. The normalized spacial score (nSPS) is 14.1. The molecule has 0 unspecified atom stereocenters. The van der Waals surface area contributed by atoms with Crippen LogP contribution in [0.25, 0.3) is 11.1 Å². The highest BCUT2D eigenvalue weighted by Gasteiger charge is 2.18. The van der Waals surface area contributed by atoms with E-state index >= 15 is 0 Å².